The van der Waals surface area contributed by atoms with Crippen molar-refractivity contribution in [3.8, 4) is 0 Å². The first-order valence-electron chi connectivity index (χ1n) is 5.26. The van der Waals surface area contributed by atoms with E-state index in [0.717, 1.165) is 22.3 Å². The molecule has 0 saturated heterocycles. The fourth-order valence-electron chi connectivity index (χ4n) is 1.62. The van der Waals surface area contributed by atoms with Crippen LogP contribution in [0.3, 0.4) is 0 Å². The Morgan fingerprint density at radius 3 is 2.95 bits per heavy atom. The molecule has 3 aromatic rings. The molecule has 0 unspecified atom stereocenters. The van der Waals surface area contributed by atoms with Crippen molar-refractivity contribution in [2.24, 2.45) is 0 Å². The summed E-state index contributed by atoms with van der Waals surface area (Å²) in [5.74, 6) is -0.397. The summed E-state index contributed by atoms with van der Waals surface area (Å²) in [5.41, 5.74) is 0.221. The first-order valence-corrected chi connectivity index (χ1v) is 6.41. The quantitative estimate of drug-likeness (QED) is 0.733. The Labute approximate surface area is 116 Å². The van der Waals surface area contributed by atoms with Crippen molar-refractivity contribution in [1.82, 2.24) is 19.8 Å². The summed E-state index contributed by atoms with van der Waals surface area (Å²) in [7, 11) is 0. The SMILES string of the molecule is O=C(Nc1nnns1)c1cc2ccccc2c(Cl)n1. The Morgan fingerprint density at radius 1 is 1.32 bits per heavy atom. The highest BCUT2D eigenvalue weighted by atomic mass is 35.5. The van der Waals surface area contributed by atoms with Crippen LogP contribution in [-0.2, 0) is 0 Å². The molecule has 19 heavy (non-hydrogen) atoms. The van der Waals surface area contributed by atoms with E-state index < -0.39 is 5.91 Å². The molecule has 0 bridgehead atoms. The van der Waals surface area contributed by atoms with Gasteiger partial charge in [-0.3, -0.25) is 10.1 Å². The molecule has 1 amide bonds. The van der Waals surface area contributed by atoms with Crippen molar-refractivity contribution >= 4 is 44.9 Å². The van der Waals surface area contributed by atoms with E-state index in [1.54, 1.807) is 6.07 Å². The number of fused-ring (bicyclic) bond motifs is 1. The number of anilines is 1. The Morgan fingerprint density at radius 2 is 2.16 bits per heavy atom. The van der Waals surface area contributed by atoms with Gasteiger partial charge in [-0.25, -0.2) is 4.98 Å². The molecular weight excluding hydrogens is 286 g/mol. The molecule has 1 N–H and O–H groups in total. The highest BCUT2D eigenvalue weighted by Crippen LogP contribution is 2.22. The summed E-state index contributed by atoms with van der Waals surface area (Å²) < 4.78 is 3.56. The Balaban J connectivity index is 1.98. The average Bonchev–Trinajstić information content (AvgIpc) is 2.91. The van der Waals surface area contributed by atoms with Crippen LogP contribution in [0.15, 0.2) is 30.3 Å². The molecular formula is C11H6ClN5OS. The molecule has 8 heteroatoms. The first-order chi connectivity index (χ1) is 9.24. The lowest BCUT2D eigenvalue weighted by Gasteiger charge is -2.04. The van der Waals surface area contributed by atoms with Gasteiger partial charge in [0.05, 0.1) is 0 Å². The van der Waals surface area contributed by atoms with Gasteiger partial charge in [0.25, 0.3) is 5.91 Å². The zero-order chi connectivity index (χ0) is 13.2. The summed E-state index contributed by atoms with van der Waals surface area (Å²) in [6, 6.07) is 9.12. The molecule has 0 spiro atoms. The van der Waals surface area contributed by atoms with Crippen molar-refractivity contribution in [3.05, 3.63) is 41.2 Å². The van der Waals surface area contributed by atoms with Crippen molar-refractivity contribution in [2.45, 2.75) is 0 Å². The number of nitrogens with zero attached hydrogens (tertiary/aromatic N) is 4. The van der Waals surface area contributed by atoms with Gasteiger partial charge in [0.2, 0.25) is 5.13 Å². The van der Waals surface area contributed by atoms with E-state index in [2.05, 4.69) is 25.1 Å². The zero-order valence-electron chi connectivity index (χ0n) is 9.37. The van der Waals surface area contributed by atoms with Crippen LogP contribution in [0.1, 0.15) is 10.5 Å². The van der Waals surface area contributed by atoms with Gasteiger partial charge in [-0.2, -0.15) is 0 Å². The normalized spacial score (nSPS) is 10.6. The van der Waals surface area contributed by atoms with Gasteiger partial charge in [-0.1, -0.05) is 45.5 Å². The number of hydrogen-bond donors (Lipinski definition) is 1. The summed E-state index contributed by atoms with van der Waals surface area (Å²) in [5, 5.41) is 11.8. The minimum absolute atomic E-state index is 0.221. The third-order valence-corrected chi connectivity index (χ3v) is 3.25. The predicted octanol–water partition coefficient (Wildman–Crippen LogP) is 2.39. The van der Waals surface area contributed by atoms with Gasteiger partial charge in [-0.05, 0) is 16.7 Å². The number of nitrogens with one attached hydrogen (secondary N) is 1. The molecule has 6 nitrogen and oxygen atoms in total. The Kier molecular flexibility index (Phi) is 3.06. The number of amides is 1. The van der Waals surface area contributed by atoms with E-state index in [1.807, 2.05) is 24.3 Å². The van der Waals surface area contributed by atoms with Gasteiger partial charge in [-0.15, -0.1) is 0 Å². The molecule has 0 aliphatic rings. The molecule has 3 rings (SSSR count). The number of carbonyl (C=O) groups is 1. The maximum Gasteiger partial charge on any atom is 0.276 e. The van der Waals surface area contributed by atoms with Gasteiger partial charge in [0.1, 0.15) is 10.8 Å². The number of hydrogen-bond acceptors (Lipinski definition) is 6. The van der Waals surface area contributed by atoms with E-state index in [0.29, 0.717) is 10.3 Å². The molecule has 0 radical (unpaired) electrons. The van der Waals surface area contributed by atoms with E-state index in [4.69, 9.17) is 11.6 Å². The van der Waals surface area contributed by atoms with Crippen LogP contribution >= 0.6 is 23.1 Å². The topological polar surface area (TPSA) is 80.7 Å². The monoisotopic (exact) mass is 291 g/mol. The van der Waals surface area contributed by atoms with Crippen molar-refractivity contribution in [3.63, 3.8) is 0 Å². The highest BCUT2D eigenvalue weighted by molar-refractivity contribution is 7.09. The molecule has 0 saturated carbocycles. The molecule has 0 aliphatic carbocycles. The molecule has 94 valence electrons. The van der Waals surface area contributed by atoms with E-state index in [1.165, 1.54) is 0 Å². The second kappa shape index (κ2) is 4.87. The number of rotatable bonds is 2. The summed E-state index contributed by atoms with van der Waals surface area (Å²) in [4.78, 5) is 16.1. The number of pyridine rings is 1. The first kappa shape index (κ1) is 11.9. The number of halogens is 1. The Hall–Kier alpha value is -2.12. The maximum atomic E-state index is 12.0. The number of carbonyl (C=O) groups excluding carboxylic acids is 1. The lowest BCUT2D eigenvalue weighted by atomic mass is 10.1. The fraction of sp³-hybridized carbons (Fsp3) is 0. The molecule has 1 aromatic carbocycles. The minimum Gasteiger partial charge on any atom is -0.294 e. The van der Waals surface area contributed by atoms with Crippen LogP contribution in [0, 0.1) is 0 Å². The standard InChI is InChI=1S/C11H6ClN5OS/c12-9-7-4-2-1-3-6(7)5-8(13-9)10(18)14-11-15-16-17-19-11/h1-5H,(H,14,15,17,18). The molecule has 2 aromatic heterocycles. The second-order valence-electron chi connectivity index (χ2n) is 3.64. The van der Waals surface area contributed by atoms with Crippen LogP contribution in [0.25, 0.3) is 10.8 Å². The van der Waals surface area contributed by atoms with E-state index >= 15 is 0 Å². The van der Waals surface area contributed by atoms with Gasteiger partial charge >= 0.3 is 0 Å². The minimum atomic E-state index is -0.397. The fourth-order valence-corrected chi connectivity index (χ4v) is 2.24. The predicted molar refractivity (Wildman–Crippen MR) is 72.4 cm³/mol. The molecule has 0 aliphatic heterocycles. The van der Waals surface area contributed by atoms with Crippen LogP contribution in [0.5, 0.6) is 0 Å². The smallest absolute Gasteiger partial charge is 0.276 e. The Bertz CT molecular complexity index is 746. The van der Waals surface area contributed by atoms with Crippen LogP contribution in [-0.4, -0.2) is 25.7 Å². The third kappa shape index (κ3) is 2.38. The van der Waals surface area contributed by atoms with Crippen molar-refractivity contribution < 1.29 is 4.79 Å². The highest BCUT2D eigenvalue weighted by Gasteiger charge is 2.12. The van der Waals surface area contributed by atoms with Crippen LogP contribution in [0.2, 0.25) is 5.15 Å². The maximum absolute atomic E-state index is 12.0. The lowest BCUT2D eigenvalue weighted by molar-refractivity contribution is 0.102. The summed E-state index contributed by atoms with van der Waals surface area (Å²) in [6.45, 7) is 0. The van der Waals surface area contributed by atoms with Crippen LogP contribution in [0.4, 0.5) is 5.13 Å². The average molecular weight is 292 g/mol. The lowest BCUT2D eigenvalue weighted by Crippen LogP contribution is -2.13. The number of aromatic nitrogens is 4. The van der Waals surface area contributed by atoms with Crippen molar-refractivity contribution in [2.75, 3.05) is 5.32 Å². The largest absolute Gasteiger partial charge is 0.294 e. The molecule has 0 atom stereocenters. The summed E-state index contributed by atoms with van der Waals surface area (Å²) in [6.07, 6.45) is 0. The third-order valence-electron chi connectivity index (χ3n) is 2.45. The molecule has 0 fully saturated rings. The second-order valence-corrected chi connectivity index (χ2v) is 4.73. The summed E-state index contributed by atoms with van der Waals surface area (Å²) >= 11 is 7.05. The number of benzene rings is 1. The zero-order valence-corrected chi connectivity index (χ0v) is 10.9. The van der Waals surface area contributed by atoms with E-state index in [-0.39, 0.29) is 5.69 Å². The van der Waals surface area contributed by atoms with Gasteiger partial charge in [0.15, 0.2) is 0 Å². The van der Waals surface area contributed by atoms with Crippen LogP contribution < -0.4 is 5.32 Å². The van der Waals surface area contributed by atoms with Crippen molar-refractivity contribution in [1.29, 1.82) is 0 Å². The van der Waals surface area contributed by atoms with Gasteiger partial charge in [0, 0.05) is 16.9 Å². The molecule has 2 heterocycles. The van der Waals surface area contributed by atoms with Gasteiger partial charge < -0.3 is 0 Å². The van der Waals surface area contributed by atoms with E-state index in [9.17, 15) is 4.79 Å².